The maximum Gasteiger partial charge on any atom is 0.236 e. The summed E-state index contributed by atoms with van der Waals surface area (Å²) in [4.78, 5) is 19.1. The zero-order chi connectivity index (χ0) is 15.3. The molecule has 1 unspecified atom stereocenters. The average Bonchev–Trinajstić information content (AvgIpc) is 2.91. The summed E-state index contributed by atoms with van der Waals surface area (Å²) < 4.78 is 0. The topological polar surface area (TPSA) is 38.8 Å². The first-order valence-corrected chi connectivity index (χ1v) is 8.49. The minimum Gasteiger partial charge on any atom is -0.339 e. The molecule has 1 N–H and O–H groups in total. The second kappa shape index (κ2) is 9.06. The Kier molecular flexibility index (Phi) is 8.11. The summed E-state index contributed by atoms with van der Waals surface area (Å²) in [5.41, 5.74) is 0.424. The maximum atomic E-state index is 12.3. The van der Waals surface area contributed by atoms with Crippen LogP contribution in [0.15, 0.2) is 0 Å². The molecular weight excluding hydrogens is 300 g/mol. The standard InChI is InChI=1S/C16H32N4O.ClH/c1-4-18(5-2)12-15(21)20-10-8-19(9-11-20)14-16(3)6-7-17-13-16;/h17H,4-14H2,1-3H3;1H. The number of nitrogens with one attached hydrogen (secondary N) is 1. The van der Waals surface area contributed by atoms with Gasteiger partial charge in [-0.3, -0.25) is 14.6 Å². The van der Waals surface area contributed by atoms with Gasteiger partial charge in [-0.25, -0.2) is 0 Å². The molecule has 0 aromatic carbocycles. The lowest BCUT2D eigenvalue weighted by Crippen LogP contribution is -2.53. The largest absolute Gasteiger partial charge is 0.339 e. The molecule has 0 aromatic heterocycles. The van der Waals surface area contributed by atoms with Crippen molar-refractivity contribution in [3.63, 3.8) is 0 Å². The van der Waals surface area contributed by atoms with Gasteiger partial charge in [0.2, 0.25) is 5.91 Å². The average molecular weight is 333 g/mol. The first kappa shape index (κ1) is 19.7. The van der Waals surface area contributed by atoms with E-state index in [1.54, 1.807) is 0 Å². The van der Waals surface area contributed by atoms with Crippen LogP contribution in [0.1, 0.15) is 27.2 Å². The molecule has 2 heterocycles. The number of hydrogen-bond donors (Lipinski definition) is 1. The molecule has 0 bridgehead atoms. The number of likely N-dealkylation sites (N-methyl/N-ethyl adjacent to an activating group) is 1. The van der Waals surface area contributed by atoms with E-state index in [-0.39, 0.29) is 12.4 Å². The number of piperazine rings is 1. The third kappa shape index (κ3) is 5.37. The predicted molar refractivity (Wildman–Crippen MR) is 93.6 cm³/mol. The van der Waals surface area contributed by atoms with Gasteiger partial charge in [0.15, 0.2) is 0 Å². The van der Waals surface area contributed by atoms with Crippen LogP contribution in [-0.4, -0.2) is 86.1 Å². The zero-order valence-electron chi connectivity index (χ0n) is 14.4. The Hall–Kier alpha value is -0.360. The van der Waals surface area contributed by atoms with Gasteiger partial charge in [-0.1, -0.05) is 20.8 Å². The minimum absolute atomic E-state index is 0. The van der Waals surface area contributed by atoms with Gasteiger partial charge in [0, 0.05) is 39.3 Å². The number of halogens is 1. The van der Waals surface area contributed by atoms with Crippen LogP contribution in [0, 0.1) is 5.41 Å². The monoisotopic (exact) mass is 332 g/mol. The van der Waals surface area contributed by atoms with Crippen molar-refractivity contribution in [1.29, 1.82) is 0 Å². The Morgan fingerprint density at radius 3 is 2.32 bits per heavy atom. The zero-order valence-corrected chi connectivity index (χ0v) is 15.3. The summed E-state index contributed by atoms with van der Waals surface area (Å²) in [6.07, 6.45) is 1.27. The fourth-order valence-electron chi connectivity index (χ4n) is 3.44. The van der Waals surface area contributed by atoms with E-state index < -0.39 is 0 Å². The summed E-state index contributed by atoms with van der Waals surface area (Å²) in [6.45, 7) is 16.4. The number of hydrogen-bond acceptors (Lipinski definition) is 4. The van der Waals surface area contributed by atoms with Crippen LogP contribution in [-0.2, 0) is 4.79 Å². The number of carbonyl (C=O) groups is 1. The van der Waals surface area contributed by atoms with Crippen molar-refractivity contribution in [2.75, 3.05) is 65.4 Å². The molecule has 6 heteroatoms. The second-order valence-electron chi connectivity index (χ2n) is 6.86. The molecule has 5 nitrogen and oxygen atoms in total. The second-order valence-corrected chi connectivity index (χ2v) is 6.86. The Morgan fingerprint density at radius 1 is 1.18 bits per heavy atom. The van der Waals surface area contributed by atoms with E-state index >= 15 is 0 Å². The third-order valence-corrected chi connectivity index (χ3v) is 5.04. The Bertz CT molecular complexity index is 335. The lowest BCUT2D eigenvalue weighted by molar-refractivity contribution is -0.134. The maximum absolute atomic E-state index is 12.3. The lowest BCUT2D eigenvalue weighted by Gasteiger charge is -2.39. The van der Waals surface area contributed by atoms with E-state index in [1.165, 1.54) is 6.42 Å². The smallest absolute Gasteiger partial charge is 0.236 e. The molecule has 2 aliphatic rings. The number of amides is 1. The SMILES string of the molecule is CCN(CC)CC(=O)N1CCN(CC2(C)CCNC2)CC1.Cl. The number of rotatable bonds is 6. The van der Waals surface area contributed by atoms with Crippen molar-refractivity contribution in [3.8, 4) is 0 Å². The third-order valence-electron chi connectivity index (χ3n) is 5.04. The van der Waals surface area contributed by atoms with E-state index in [4.69, 9.17) is 0 Å². The summed E-state index contributed by atoms with van der Waals surface area (Å²) in [7, 11) is 0. The van der Waals surface area contributed by atoms with Gasteiger partial charge in [0.25, 0.3) is 0 Å². The van der Waals surface area contributed by atoms with Gasteiger partial charge in [-0.05, 0) is 31.5 Å². The molecule has 2 fully saturated rings. The van der Waals surface area contributed by atoms with Crippen molar-refractivity contribution in [3.05, 3.63) is 0 Å². The van der Waals surface area contributed by atoms with Gasteiger partial charge in [0.05, 0.1) is 6.54 Å². The molecule has 0 saturated carbocycles. The molecule has 0 spiro atoms. The molecule has 2 rings (SSSR count). The van der Waals surface area contributed by atoms with Crippen molar-refractivity contribution < 1.29 is 4.79 Å². The highest BCUT2D eigenvalue weighted by Gasteiger charge is 2.32. The summed E-state index contributed by atoms with van der Waals surface area (Å²) in [5.74, 6) is 0.298. The first-order valence-electron chi connectivity index (χ1n) is 8.49. The van der Waals surface area contributed by atoms with Gasteiger partial charge in [-0.2, -0.15) is 0 Å². The summed E-state index contributed by atoms with van der Waals surface area (Å²) in [6, 6.07) is 0. The molecular formula is C16H33ClN4O. The van der Waals surface area contributed by atoms with E-state index in [0.717, 1.165) is 58.9 Å². The molecule has 1 amide bonds. The molecule has 2 aliphatic heterocycles. The number of carbonyl (C=O) groups excluding carboxylic acids is 1. The van der Waals surface area contributed by atoms with Gasteiger partial charge >= 0.3 is 0 Å². The fraction of sp³-hybridized carbons (Fsp3) is 0.938. The highest BCUT2D eigenvalue weighted by Crippen LogP contribution is 2.26. The van der Waals surface area contributed by atoms with Crippen LogP contribution < -0.4 is 5.32 Å². The molecule has 0 aromatic rings. The van der Waals surface area contributed by atoms with Gasteiger partial charge in [0.1, 0.15) is 0 Å². The van der Waals surface area contributed by atoms with E-state index in [2.05, 4.69) is 35.9 Å². The Balaban J connectivity index is 0.00000242. The minimum atomic E-state index is 0. The van der Waals surface area contributed by atoms with Crippen LogP contribution in [0.5, 0.6) is 0 Å². The van der Waals surface area contributed by atoms with E-state index in [0.29, 0.717) is 17.9 Å². The van der Waals surface area contributed by atoms with Gasteiger partial charge in [-0.15, -0.1) is 12.4 Å². The van der Waals surface area contributed by atoms with Crippen LogP contribution in [0.3, 0.4) is 0 Å². The summed E-state index contributed by atoms with van der Waals surface area (Å²) in [5, 5.41) is 3.47. The van der Waals surface area contributed by atoms with Gasteiger partial charge < -0.3 is 10.2 Å². The van der Waals surface area contributed by atoms with Crippen molar-refractivity contribution >= 4 is 18.3 Å². The molecule has 0 radical (unpaired) electrons. The quantitative estimate of drug-likeness (QED) is 0.784. The van der Waals surface area contributed by atoms with Crippen molar-refractivity contribution in [2.45, 2.75) is 27.2 Å². The van der Waals surface area contributed by atoms with Crippen LogP contribution in [0.4, 0.5) is 0 Å². The Morgan fingerprint density at radius 2 is 1.82 bits per heavy atom. The Labute approximate surface area is 141 Å². The lowest BCUT2D eigenvalue weighted by atomic mass is 9.89. The highest BCUT2D eigenvalue weighted by atomic mass is 35.5. The fourth-order valence-corrected chi connectivity index (χ4v) is 3.44. The molecule has 22 heavy (non-hydrogen) atoms. The van der Waals surface area contributed by atoms with Crippen LogP contribution >= 0.6 is 12.4 Å². The molecule has 2 saturated heterocycles. The molecule has 0 aliphatic carbocycles. The summed E-state index contributed by atoms with van der Waals surface area (Å²) >= 11 is 0. The molecule has 130 valence electrons. The van der Waals surface area contributed by atoms with Crippen molar-refractivity contribution in [1.82, 2.24) is 20.0 Å². The van der Waals surface area contributed by atoms with E-state index in [1.807, 2.05) is 4.90 Å². The van der Waals surface area contributed by atoms with E-state index in [9.17, 15) is 4.79 Å². The molecule has 1 atom stereocenters. The van der Waals surface area contributed by atoms with Crippen LogP contribution in [0.25, 0.3) is 0 Å². The highest BCUT2D eigenvalue weighted by molar-refractivity contribution is 5.85. The van der Waals surface area contributed by atoms with Crippen LogP contribution in [0.2, 0.25) is 0 Å². The normalized spacial score (nSPS) is 26.3. The number of nitrogens with zero attached hydrogens (tertiary/aromatic N) is 3. The first-order chi connectivity index (χ1) is 10.1. The van der Waals surface area contributed by atoms with Crippen molar-refractivity contribution in [2.24, 2.45) is 5.41 Å². The predicted octanol–water partition coefficient (Wildman–Crippen LogP) is 0.894.